The van der Waals surface area contributed by atoms with E-state index in [0.717, 1.165) is 13.8 Å². The van der Waals surface area contributed by atoms with Crippen molar-refractivity contribution < 1.29 is 42.3 Å². The lowest BCUT2D eigenvalue weighted by molar-refractivity contribution is -0.151. The van der Waals surface area contributed by atoms with Crippen LogP contribution in [0.2, 0.25) is 0 Å². The second-order valence-corrected chi connectivity index (χ2v) is 8.08. The Bertz CT molecular complexity index is 1010. The second-order valence-electron chi connectivity index (χ2n) is 6.41. The van der Waals surface area contributed by atoms with E-state index in [-0.39, 0.29) is 36.9 Å². The van der Waals surface area contributed by atoms with Crippen molar-refractivity contribution in [2.24, 2.45) is 5.92 Å². The number of aryl methyl sites for hydroxylation is 1. The zero-order valence-electron chi connectivity index (χ0n) is 17.4. The fourth-order valence-corrected chi connectivity index (χ4v) is 3.32. The van der Waals surface area contributed by atoms with E-state index in [4.69, 9.17) is 19.3 Å². The number of ether oxygens (including phenoxy) is 2. The molecule has 32 heavy (non-hydrogen) atoms. The molecule has 0 spiro atoms. The molecule has 2 aromatic heterocycles. The number of phosphoric acid groups is 1. The number of anilines is 1. The van der Waals surface area contributed by atoms with Crippen LogP contribution >= 0.6 is 7.82 Å². The van der Waals surface area contributed by atoms with Crippen molar-refractivity contribution in [1.82, 2.24) is 19.5 Å². The van der Waals surface area contributed by atoms with Crippen LogP contribution in [0, 0.1) is 5.92 Å². The van der Waals surface area contributed by atoms with Gasteiger partial charge in [0, 0.05) is 32.9 Å². The van der Waals surface area contributed by atoms with Gasteiger partial charge in [-0.25, -0.2) is 18.6 Å². The molecule has 1 atom stereocenters. The monoisotopic (exact) mass is 477 g/mol. The van der Waals surface area contributed by atoms with Crippen LogP contribution in [0.15, 0.2) is 11.1 Å². The van der Waals surface area contributed by atoms with E-state index in [2.05, 4.69) is 24.4 Å². The number of aliphatic hydroxyl groups is 1. The highest BCUT2D eigenvalue weighted by molar-refractivity contribution is 7.48. The summed E-state index contributed by atoms with van der Waals surface area (Å²) < 4.78 is 38.3. The number of rotatable bonds is 13. The van der Waals surface area contributed by atoms with Crippen molar-refractivity contribution in [1.29, 1.82) is 0 Å². The van der Waals surface area contributed by atoms with Crippen molar-refractivity contribution in [3.8, 4) is 0 Å². The number of carbonyl (C=O) groups is 2. The Labute approximate surface area is 181 Å². The van der Waals surface area contributed by atoms with Gasteiger partial charge in [0.1, 0.15) is 0 Å². The minimum absolute atomic E-state index is 0.0675. The summed E-state index contributed by atoms with van der Waals surface area (Å²) in [7, 11) is -4.29. The van der Waals surface area contributed by atoms with Crippen molar-refractivity contribution >= 4 is 36.9 Å². The zero-order chi connectivity index (χ0) is 23.7. The van der Waals surface area contributed by atoms with Gasteiger partial charge < -0.3 is 24.9 Å². The Morgan fingerprint density at radius 3 is 2.41 bits per heavy atom. The highest BCUT2D eigenvalue weighted by atomic mass is 31.2. The van der Waals surface area contributed by atoms with E-state index < -0.39 is 44.8 Å². The van der Waals surface area contributed by atoms with Gasteiger partial charge in [-0.2, -0.15) is 4.98 Å². The van der Waals surface area contributed by atoms with Gasteiger partial charge in [-0.3, -0.25) is 23.9 Å². The molecule has 178 valence electrons. The summed E-state index contributed by atoms with van der Waals surface area (Å²) in [4.78, 5) is 43.9. The highest BCUT2D eigenvalue weighted by Crippen LogP contribution is 2.49. The maximum absolute atomic E-state index is 12.7. The molecule has 0 saturated carbocycles. The molecule has 0 amide bonds. The van der Waals surface area contributed by atoms with Gasteiger partial charge in [0.05, 0.1) is 12.9 Å². The number of nitrogens with two attached hydrogens (primary N) is 1. The molecule has 16 heteroatoms. The number of hydrogen-bond donors (Lipinski definition) is 3. The maximum atomic E-state index is 12.7. The van der Waals surface area contributed by atoms with Gasteiger partial charge in [0.15, 0.2) is 11.2 Å². The molecule has 1 unspecified atom stereocenters. The lowest BCUT2D eigenvalue weighted by Gasteiger charge is -2.20. The number of aromatic nitrogens is 4. The summed E-state index contributed by atoms with van der Waals surface area (Å²) in [6, 6.07) is 0. The summed E-state index contributed by atoms with van der Waals surface area (Å²) in [6.07, 6.45) is 1.70. The molecule has 0 fully saturated rings. The molecule has 2 heterocycles. The Morgan fingerprint density at radius 1 is 1.22 bits per heavy atom. The predicted octanol–water partition coefficient (Wildman–Crippen LogP) is -0.100. The molecule has 2 aromatic rings. The Kier molecular flexibility index (Phi) is 9.28. The molecule has 0 aliphatic rings. The van der Waals surface area contributed by atoms with Crippen LogP contribution < -0.4 is 11.3 Å². The molecule has 0 saturated heterocycles. The van der Waals surface area contributed by atoms with E-state index in [1.807, 2.05) is 0 Å². The Morgan fingerprint density at radius 2 is 1.84 bits per heavy atom. The van der Waals surface area contributed by atoms with E-state index in [1.54, 1.807) is 4.57 Å². The normalized spacial score (nSPS) is 12.6. The Balaban J connectivity index is 1.98. The molecule has 0 aliphatic heterocycles. The highest BCUT2D eigenvalue weighted by Gasteiger charge is 2.29. The van der Waals surface area contributed by atoms with E-state index in [0.29, 0.717) is 6.42 Å². The number of H-pyrrole nitrogens is 1. The number of hydrogen-bond acceptors (Lipinski definition) is 13. The van der Waals surface area contributed by atoms with Crippen molar-refractivity contribution in [2.45, 2.75) is 26.8 Å². The van der Waals surface area contributed by atoms with Crippen molar-refractivity contribution in [3.63, 3.8) is 0 Å². The number of imidazole rings is 1. The molecular formula is C16H24N5O10P. The number of nitrogens with one attached hydrogen (secondary N) is 1. The second kappa shape index (κ2) is 11.7. The van der Waals surface area contributed by atoms with Gasteiger partial charge in [-0.1, -0.05) is 0 Å². The largest absolute Gasteiger partial charge is 0.480 e. The van der Waals surface area contributed by atoms with E-state index in [9.17, 15) is 24.1 Å². The van der Waals surface area contributed by atoms with Gasteiger partial charge >= 0.3 is 19.8 Å². The van der Waals surface area contributed by atoms with Gasteiger partial charge in [0.2, 0.25) is 19.5 Å². The summed E-state index contributed by atoms with van der Waals surface area (Å²) in [5, 5.41) is 9.65. The average molecular weight is 477 g/mol. The quantitative estimate of drug-likeness (QED) is 0.196. The summed E-state index contributed by atoms with van der Waals surface area (Å²) >= 11 is 0. The SMILES string of the molecule is CC(=O)OCOP(=O)(OCOC(C)=O)OCC(CO)CCn1cnc2c(=O)[nH]c(N)nc21. The van der Waals surface area contributed by atoms with Crippen molar-refractivity contribution in [2.75, 3.05) is 32.5 Å². The average Bonchev–Trinajstić information content (AvgIpc) is 3.10. The zero-order valence-corrected chi connectivity index (χ0v) is 18.3. The molecule has 4 N–H and O–H groups in total. The number of aliphatic hydroxyl groups excluding tert-OH is 1. The third-order valence-electron chi connectivity index (χ3n) is 3.94. The molecule has 2 rings (SSSR count). The van der Waals surface area contributed by atoms with Gasteiger partial charge in [-0.05, 0) is 6.42 Å². The van der Waals surface area contributed by atoms with Crippen LogP contribution in [0.3, 0.4) is 0 Å². The lowest BCUT2D eigenvalue weighted by atomic mass is 10.1. The lowest BCUT2D eigenvalue weighted by Crippen LogP contribution is -2.18. The van der Waals surface area contributed by atoms with Crippen LogP contribution in [0.5, 0.6) is 0 Å². The van der Waals surface area contributed by atoms with E-state index >= 15 is 0 Å². The number of nitrogen functional groups attached to an aromatic ring is 1. The molecule has 0 aromatic carbocycles. The first kappa shape index (κ1) is 25.4. The smallest absolute Gasteiger partial charge is 0.438 e. The Hall–Kier alpha value is -2.84. The van der Waals surface area contributed by atoms with Crippen LogP contribution in [0.25, 0.3) is 11.2 Å². The maximum Gasteiger partial charge on any atom is 0.480 e. The number of phosphoric ester groups is 1. The minimum Gasteiger partial charge on any atom is -0.438 e. The van der Waals surface area contributed by atoms with Gasteiger partial charge in [0.25, 0.3) is 5.56 Å². The van der Waals surface area contributed by atoms with Crippen molar-refractivity contribution in [3.05, 3.63) is 16.7 Å². The number of fused-ring (bicyclic) bond motifs is 1. The first-order valence-electron chi connectivity index (χ1n) is 9.25. The fraction of sp³-hybridized carbons (Fsp3) is 0.562. The third-order valence-corrected chi connectivity index (χ3v) is 5.25. The number of carbonyl (C=O) groups excluding carboxylic acids is 2. The minimum atomic E-state index is -4.29. The molecule has 0 bridgehead atoms. The first-order chi connectivity index (χ1) is 15.1. The van der Waals surface area contributed by atoms with E-state index in [1.165, 1.54) is 6.33 Å². The fourth-order valence-electron chi connectivity index (χ4n) is 2.34. The summed E-state index contributed by atoms with van der Waals surface area (Å²) in [5.74, 6) is -1.99. The molecular weight excluding hydrogens is 453 g/mol. The van der Waals surface area contributed by atoms with Crippen LogP contribution in [-0.4, -0.2) is 63.4 Å². The molecule has 15 nitrogen and oxygen atoms in total. The first-order valence-corrected chi connectivity index (χ1v) is 10.7. The number of aromatic amines is 1. The third kappa shape index (κ3) is 7.69. The van der Waals surface area contributed by atoms with Crippen LogP contribution in [0.4, 0.5) is 5.95 Å². The summed E-state index contributed by atoms with van der Waals surface area (Å²) in [5.41, 5.74) is 5.45. The molecule has 0 radical (unpaired) electrons. The van der Waals surface area contributed by atoms with Crippen LogP contribution in [-0.2, 0) is 43.7 Å². The number of esters is 2. The topological polar surface area (TPSA) is 207 Å². The predicted molar refractivity (Wildman–Crippen MR) is 107 cm³/mol. The standard InChI is InChI=1S/C16H24N5O10P/c1-10(23)27-8-30-32(26,31-9-28-11(2)24)29-6-12(5-22)3-4-21-7-18-13-14(21)19-16(17)20-15(13)25/h7,12,22H,3-6,8-9H2,1-2H3,(H3,17,19,20,25). The van der Waals surface area contributed by atoms with Crippen LogP contribution in [0.1, 0.15) is 20.3 Å². The number of nitrogens with zero attached hydrogens (tertiary/aromatic N) is 3. The summed E-state index contributed by atoms with van der Waals surface area (Å²) in [6.45, 7) is 0.430. The molecule has 0 aliphatic carbocycles. The van der Waals surface area contributed by atoms with Gasteiger partial charge in [-0.15, -0.1) is 0 Å².